The molecule has 2 amide bonds. The van der Waals surface area contributed by atoms with Crippen LogP contribution in [0.2, 0.25) is 0 Å². The van der Waals surface area contributed by atoms with Gasteiger partial charge in [-0.1, -0.05) is 6.42 Å². The number of nitrogens with one attached hydrogen (secondary N) is 2. The second kappa shape index (κ2) is 8.06. The van der Waals surface area contributed by atoms with Crippen LogP contribution < -0.4 is 10.6 Å². The van der Waals surface area contributed by atoms with Crippen molar-refractivity contribution in [3.63, 3.8) is 0 Å². The number of amides is 2. The summed E-state index contributed by atoms with van der Waals surface area (Å²) in [6.45, 7) is 4.82. The molecule has 20 heavy (non-hydrogen) atoms. The second-order valence-corrected chi connectivity index (χ2v) is 5.58. The maximum Gasteiger partial charge on any atom is 0.314 e. The molecule has 0 aromatic carbocycles. The van der Waals surface area contributed by atoms with Gasteiger partial charge in [-0.15, -0.1) is 0 Å². The molecule has 0 radical (unpaired) electrons. The van der Waals surface area contributed by atoms with Gasteiger partial charge in [0.15, 0.2) is 0 Å². The highest BCUT2D eigenvalue weighted by Gasteiger charge is 2.24. The topological polar surface area (TPSA) is 102 Å². The van der Waals surface area contributed by atoms with Crippen molar-refractivity contribution in [3.8, 4) is 0 Å². The highest BCUT2D eigenvalue weighted by molar-refractivity contribution is 5.74. The molecule has 7 heteroatoms. The molecule has 1 fully saturated rings. The Hall–Kier alpha value is -1.34. The summed E-state index contributed by atoms with van der Waals surface area (Å²) in [5, 5.41) is 23.5. The van der Waals surface area contributed by atoms with Crippen LogP contribution in [0.5, 0.6) is 0 Å². The SMILES string of the molecule is CC(O)(CNC(=O)NCCN1CCCCC1)CC(=O)O. The Balaban J connectivity index is 2.12. The van der Waals surface area contributed by atoms with Crippen molar-refractivity contribution in [2.24, 2.45) is 0 Å². The molecule has 1 aliphatic rings. The first-order chi connectivity index (χ1) is 9.39. The van der Waals surface area contributed by atoms with Crippen LogP contribution >= 0.6 is 0 Å². The van der Waals surface area contributed by atoms with Gasteiger partial charge in [0.2, 0.25) is 0 Å². The summed E-state index contributed by atoms with van der Waals surface area (Å²) in [6, 6.07) is -0.382. The molecule has 1 unspecified atom stereocenters. The summed E-state index contributed by atoms with van der Waals surface area (Å²) in [5.41, 5.74) is -1.43. The summed E-state index contributed by atoms with van der Waals surface area (Å²) < 4.78 is 0. The summed E-state index contributed by atoms with van der Waals surface area (Å²) in [7, 11) is 0. The molecule has 0 bridgehead atoms. The molecule has 1 saturated heterocycles. The van der Waals surface area contributed by atoms with Crippen LogP contribution in [0.4, 0.5) is 4.79 Å². The lowest BCUT2D eigenvalue weighted by Gasteiger charge is -2.26. The summed E-state index contributed by atoms with van der Waals surface area (Å²) in [5.74, 6) is -1.10. The van der Waals surface area contributed by atoms with Gasteiger partial charge in [-0.3, -0.25) is 4.79 Å². The van der Waals surface area contributed by atoms with Gasteiger partial charge < -0.3 is 25.7 Å². The van der Waals surface area contributed by atoms with Crippen LogP contribution in [-0.4, -0.2) is 65.4 Å². The number of piperidine rings is 1. The first kappa shape index (κ1) is 16.7. The Kier molecular flexibility index (Phi) is 6.74. The summed E-state index contributed by atoms with van der Waals surface area (Å²) in [4.78, 5) is 24.3. The fourth-order valence-corrected chi connectivity index (χ4v) is 2.23. The van der Waals surface area contributed by atoms with Crippen LogP contribution in [-0.2, 0) is 4.79 Å². The highest BCUT2D eigenvalue weighted by Crippen LogP contribution is 2.08. The lowest BCUT2D eigenvalue weighted by atomic mass is 10.0. The minimum absolute atomic E-state index is 0.0884. The maximum atomic E-state index is 11.5. The second-order valence-electron chi connectivity index (χ2n) is 5.58. The number of carbonyl (C=O) groups is 2. The van der Waals surface area contributed by atoms with Crippen LogP contribution in [0.25, 0.3) is 0 Å². The quantitative estimate of drug-likeness (QED) is 0.528. The molecule has 116 valence electrons. The minimum atomic E-state index is -1.43. The van der Waals surface area contributed by atoms with E-state index in [0.717, 1.165) is 19.6 Å². The van der Waals surface area contributed by atoms with E-state index in [2.05, 4.69) is 15.5 Å². The standard InChI is InChI=1S/C13H25N3O4/c1-13(20,9-11(17)18)10-15-12(19)14-5-8-16-6-3-2-4-7-16/h20H,2-10H2,1H3,(H,17,18)(H2,14,15,19). The fourth-order valence-electron chi connectivity index (χ4n) is 2.23. The Morgan fingerprint density at radius 1 is 1.20 bits per heavy atom. The molecule has 1 atom stereocenters. The Labute approximate surface area is 119 Å². The van der Waals surface area contributed by atoms with Gasteiger partial charge in [-0.25, -0.2) is 4.79 Å². The van der Waals surface area contributed by atoms with E-state index in [1.54, 1.807) is 0 Å². The summed E-state index contributed by atoms with van der Waals surface area (Å²) >= 11 is 0. The van der Waals surface area contributed by atoms with Crippen molar-refractivity contribution in [1.29, 1.82) is 0 Å². The first-order valence-electron chi connectivity index (χ1n) is 7.07. The number of hydrogen-bond donors (Lipinski definition) is 4. The fraction of sp³-hybridized carbons (Fsp3) is 0.846. The number of aliphatic hydroxyl groups is 1. The molecule has 7 nitrogen and oxygen atoms in total. The van der Waals surface area contributed by atoms with Gasteiger partial charge in [-0.05, 0) is 32.9 Å². The number of nitrogens with zero attached hydrogens (tertiary/aromatic N) is 1. The number of carboxylic acid groups (broad SMARTS) is 1. The van der Waals surface area contributed by atoms with Crippen molar-refractivity contribution < 1.29 is 19.8 Å². The molecule has 1 rings (SSSR count). The number of rotatable bonds is 7. The van der Waals surface area contributed by atoms with Gasteiger partial charge in [0.05, 0.1) is 12.0 Å². The van der Waals surface area contributed by atoms with Gasteiger partial charge in [-0.2, -0.15) is 0 Å². The molecule has 0 saturated carbocycles. The number of urea groups is 1. The van der Waals surface area contributed by atoms with Gasteiger partial charge in [0, 0.05) is 19.6 Å². The molecule has 0 spiro atoms. The lowest BCUT2D eigenvalue weighted by Crippen LogP contribution is -2.47. The third-order valence-electron chi connectivity index (χ3n) is 3.32. The van der Waals surface area contributed by atoms with Gasteiger partial charge >= 0.3 is 12.0 Å². The van der Waals surface area contributed by atoms with Crippen LogP contribution in [0.3, 0.4) is 0 Å². The third-order valence-corrected chi connectivity index (χ3v) is 3.32. The highest BCUT2D eigenvalue weighted by atomic mass is 16.4. The van der Waals surface area contributed by atoms with Crippen LogP contribution in [0.1, 0.15) is 32.6 Å². The average molecular weight is 287 g/mol. The van der Waals surface area contributed by atoms with E-state index in [1.807, 2.05) is 0 Å². The first-order valence-corrected chi connectivity index (χ1v) is 7.07. The molecule has 0 aromatic heterocycles. The molecular formula is C13H25N3O4. The average Bonchev–Trinajstić information content (AvgIpc) is 2.36. The third kappa shape index (κ3) is 7.30. The number of carboxylic acids is 1. The van der Waals surface area contributed by atoms with E-state index in [9.17, 15) is 14.7 Å². The van der Waals surface area contributed by atoms with Crippen molar-refractivity contribution in [2.45, 2.75) is 38.2 Å². The number of likely N-dealkylation sites (tertiary alicyclic amines) is 1. The number of aliphatic carboxylic acids is 1. The monoisotopic (exact) mass is 287 g/mol. The van der Waals surface area contributed by atoms with Crippen molar-refractivity contribution in [3.05, 3.63) is 0 Å². The zero-order valence-corrected chi connectivity index (χ0v) is 12.0. The number of hydrogen-bond acceptors (Lipinski definition) is 4. The van der Waals surface area contributed by atoms with E-state index in [4.69, 9.17) is 5.11 Å². The molecule has 0 aromatic rings. The predicted octanol–water partition coefficient (Wildman–Crippen LogP) is -0.00280. The smallest absolute Gasteiger partial charge is 0.314 e. The van der Waals surface area contributed by atoms with E-state index >= 15 is 0 Å². The van der Waals surface area contributed by atoms with Crippen molar-refractivity contribution in [1.82, 2.24) is 15.5 Å². The molecule has 1 heterocycles. The predicted molar refractivity (Wildman–Crippen MR) is 74.6 cm³/mol. The van der Waals surface area contributed by atoms with E-state index in [1.165, 1.54) is 26.2 Å². The van der Waals surface area contributed by atoms with E-state index in [-0.39, 0.29) is 12.6 Å². The Morgan fingerprint density at radius 3 is 2.45 bits per heavy atom. The Morgan fingerprint density at radius 2 is 1.85 bits per heavy atom. The molecular weight excluding hydrogens is 262 g/mol. The molecule has 1 aliphatic heterocycles. The lowest BCUT2D eigenvalue weighted by molar-refractivity contribution is -0.141. The number of carbonyl (C=O) groups excluding carboxylic acids is 1. The normalized spacial score (nSPS) is 19.1. The molecule has 0 aliphatic carbocycles. The van der Waals surface area contributed by atoms with E-state index < -0.39 is 18.0 Å². The van der Waals surface area contributed by atoms with Crippen molar-refractivity contribution in [2.75, 3.05) is 32.7 Å². The van der Waals surface area contributed by atoms with Gasteiger partial charge in [0.1, 0.15) is 0 Å². The minimum Gasteiger partial charge on any atom is -0.481 e. The van der Waals surface area contributed by atoms with Crippen molar-refractivity contribution >= 4 is 12.0 Å². The Bertz CT molecular complexity index is 328. The van der Waals surface area contributed by atoms with Gasteiger partial charge in [0.25, 0.3) is 0 Å². The molecule has 4 N–H and O–H groups in total. The largest absolute Gasteiger partial charge is 0.481 e. The maximum absolute atomic E-state index is 11.5. The van der Waals surface area contributed by atoms with E-state index in [0.29, 0.717) is 6.54 Å². The summed E-state index contributed by atoms with van der Waals surface area (Å²) in [6.07, 6.45) is 3.30. The zero-order chi connectivity index (χ0) is 15.0. The zero-order valence-electron chi connectivity index (χ0n) is 12.0. The van der Waals surface area contributed by atoms with Crippen LogP contribution in [0.15, 0.2) is 0 Å². The van der Waals surface area contributed by atoms with Crippen LogP contribution in [0, 0.1) is 0 Å².